The van der Waals surface area contributed by atoms with Gasteiger partial charge in [0.05, 0.1) is 0 Å². The van der Waals surface area contributed by atoms with E-state index in [0.717, 1.165) is 18.6 Å². The number of amides is 1. The molecule has 1 saturated heterocycles. The molecule has 0 aromatic carbocycles. The van der Waals surface area contributed by atoms with Crippen LogP contribution in [-0.2, 0) is 9.53 Å². The maximum absolute atomic E-state index is 11.2. The van der Waals surface area contributed by atoms with Crippen LogP contribution in [-0.4, -0.2) is 24.3 Å². The van der Waals surface area contributed by atoms with Crippen LogP contribution in [0.15, 0.2) is 5.10 Å². The minimum atomic E-state index is -0.284. The first-order valence-corrected chi connectivity index (χ1v) is 4.12. The molecular formula is C8H14N2O2. The second kappa shape index (κ2) is 4.21. The number of rotatable bonds is 2. The van der Waals surface area contributed by atoms with E-state index in [2.05, 4.69) is 10.5 Å². The van der Waals surface area contributed by atoms with Crippen molar-refractivity contribution < 1.29 is 9.53 Å². The van der Waals surface area contributed by atoms with Crippen LogP contribution in [0.5, 0.6) is 0 Å². The quantitative estimate of drug-likeness (QED) is 0.489. The van der Waals surface area contributed by atoms with E-state index in [-0.39, 0.29) is 12.0 Å². The molecule has 4 nitrogen and oxygen atoms in total. The normalized spacial score (nSPS) is 22.0. The number of hydrazone groups is 1. The number of hydrogen-bond donors (Lipinski definition) is 1. The van der Waals surface area contributed by atoms with Gasteiger partial charge in [0, 0.05) is 12.3 Å². The summed E-state index contributed by atoms with van der Waals surface area (Å²) in [4.78, 5) is 11.2. The molecule has 1 aliphatic rings. The van der Waals surface area contributed by atoms with Crippen molar-refractivity contribution in [3.8, 4) is 0 Å². The zero-order valence-corrected chi connectivity index (χ0v) is 7.46. The molecule has 12 heavy (non-hydrogen) atoms. The van der Waals surface area contributed by atoms with Crippen molar-refractivity contribution in [2.24, 2.45) is 5.10 Å². The SMILES string of the molecule is CC(C)=NNC(=O)C1CCCO1. The lowest BCUT2D eigenvalue weighted by molar-refractivity contribution is -0.130. The summed E-state index contributed by atoms with van der Waals surface area (Å²) in [6, 6.07) is 0. The van der Waals surface area contributed by atoms with E-state index in [1.807, 2.05) is 13.8 Å². The van der Waals surface area contributed by atoms with Gasteiger partial charge in [0.15, 0.2) is 0 Å². The fraction of sp³-hybridized carbons (Fsp3) is 0.750. The highest BCUT2D eigenvalue weighted by Crippen LogP contribution is 2.11. The van der Waals surface area contributed by atoms with Crippen molar-refractivity contribution in [1.82, 2.24) is 5.43 Å². The Balaban J connectivity index is 2.32. The number of carbonyl (C=O) groups excluding carboxylic acids is 1. The van der Waals surface area contributed by atoms with Gasteiger partial charge >= 0.3 is 0 Å². The molecule has 0 saturated carbocycles. The summed E-state index contributed by atoms with van der Waals surface area (Å²) in [5.74, 6) is -0.131. The number of nitrogens with zero attached hydrogens (tertiary/aromatic N) is 1. The van der Waals surface area contributed by atoms with Crippen LogP contribution in [0.25, 0.3) is 0 Å². The summed E-state index contributed by atoms with van der Waals surface area (Å²) < 4.78 is 5.17. The van der Waals surface area contributed by atoms with Crippen molar-refractivity contribution in [3.05, 3.63) is 0 Å². The molecule has 4 heteroatoms. The van der Waals surface area contributed by atoms with Gasteiger partial charge in [0.25, 0.3) is 5.91 Å². The molecule has 0 aromatic heterocycles. The monoisotopic (exact) mass is 170 g/mol. The number of hydrogen-bond acceptors (Lipinski definition) is 3. The average Bonchev–Trinajstić information content (AvgIpc) is 2.51. The molecule has 1 heterocycles. The summed E-state index contributed by atoms with van der Waals surface area (Å²) in [5.41, 5.74) is 3.28. The van der Waals surface area contributed by atoms with E-state index in [1.165, 1.54) is 0 Å². The Bertz CT molecular complexity index is 191. The van der Waals surface area contributed by atoms with Crippen LogP contribution in [0, 0.1) is 0 Å². The predicted octanol–water partition coefficient (Wildman–Crippen LogP) is 0.677. The number of ether oxygens (including phenoxy) is 1. The van der Waals surface area contributed by atoms with Gasteiger partial charge in [0.1, 0.15) is 6.10 Å². The molecule has 68 valence electrons. The fourth-order valence-corrected chi connectivity index (χ4v) is 1.02. The Kier molecular flexibility index (Phi) is 3.22. The molecule has 1 rings (SSSR count). The lowest BCUT2D eigenvalue weighted by Gasteiger charge is -2.06. The van der Waals surface area contributed by atoms with Gasteiger partial charge in [0.2, 0.25) is 0 Å². The first kappa shape index (κ1) is 9.19. The Labute approximate surface area is 72.0 Å². The highest BCUT2D eigenvalue weighted by molar-refractivity contribution is 5.84. The van der Waals surface area contributed by atoms with E-state index in [0.29, 0.717) is 6.61 Å². The standard InChI is InChI=1S/C8H14N2O2/c1-6(2)9-10-8(11)7-4-3-5-12-7/h7H,3-5H2,1-2H3,(H,10,11). The summed E-state index contributed by atoms with van der Waals surface area (Å²) >= 11 is 0. The molecule has 1 unspecified atom stereocenters. The average molecular weight is 170 g/mol. The van der Waals surface area contributed by atoms with Crippen molar-refractivity contribution in [3.63, 3.8) is 0 Å². The van der Waals surface area contributed by atoms with Gasteiger partial charge in [-0.2, -0.15) is 5.10 Å². The lowest BCUT2D eigenvalue weighted by atomic mass is 10.2. The molecule has 0 spiro atoms. The van der Waals surface area contributed by atoms with Gasteiger partial charge in [-0.05, 0) is 26.7 Å². The second-order valence-electron chi connectivity index (χ2n) is 3.04. The summed E-state index contributed by atoms with van der Waals surface area (Å²) in [6.45, 7) is 4.35. The van der Waals surface area contributed by atoms with Gasteiger partial charge in [-0.25, -0.2) is 5.43 Å². The van der Waals surface area contributed by atoms with Crippen LogP contribution in [0.3, 0.4) is 0 Å². The Hall–Kier alpha value is -0.900. The minimum Gasteiger partial charge on any atom is -0.368 e. The largest absolute Gasteiger partial charge is 0.368 e. The Morgan fingerprint density at radius 3 is 2.83 bits per heavy atom. The molecule has 0 radical (unpaired) electrons. The van der Waals surface area contributed by atoms with E-state index in [9.17, 15) is 4.79 Å². The highest BCUT2D eigenvalue weighted by Gasteiger charge is 2.22. The summed E-state index contributed by atoms with van der Waals surface area (Å²) in [5, 5.41) is 3.81. The highest BCUT2D eigenvalue weighted by atomic mass is 16.5. The van der Waals surface area contributed by atoms with Crippen LogP contribution < -0.4 is 5.43 Å². The zero-order valence-electron chi connectivity index (χ0n) is 7.46. The molecular weight excluding hydrogens is 156 g/mol. The molecule has 0 aliphatic carbocycles. The van der Waals surface area contributed by atoms with E-state index in [1.54, 1.807) is 0 Å². The van der Waals surface area contributed by atoms with Crippen molar-refractivity contribution >= 4 is 11.6 Å². The maximum atomic E-state index is 11.2. The second-order valence-corrected chi connectivity index (χ2v) is 3.04. The van der Waals surface area contributed by atoms with E-state index >= 15 is 0 Å². The maximum Gasteiger partial charge on any atom is 0.269 e. The predicted molar refractivity (Wildman–Crippen MR) is 45.9 cm³/mol. The number of carbonyl (C=O) groups is 1. The van der Waals surface area contributed by atoms with Crippen molar-refractivity contribution in [2.75, 3.05) is 6.61 Å². The Morgan fingerprint density at radius 2 is 2.33 bits per heavy atom. The van der Waals surface area contributed by atoms with Gasteiger partial charge in [-0.3, -0.25) is 4.79 Å². The van der Waals surface area contributed by atoms with Crippen LogP contribution >= 0.6 is 0 Å². The summed E-state index contributed by atoms with van der Waals surface area (Å²) in [7, 11) is 0. The van der Waals surface area contributed by atoms with Gasteiger partial charge in [-0.1, -0.05) is 0 Å². The van der Waals surface area contributed by atoms with Gasteiger partial charge < -0.3 is 4.74 Å². The summed E-state index contributed by atoms with van der Waals surface area (Å²) in [6.07, 6.45) is 1.49. The third-order valence-electron chi connectivity index (χ3n) is 1.61. The van der Waals surface area contributed by atoms with Crippen molar-refractivity contribution in [2.45, 2.75) is 32.8 Å². The topological polar surface area (TPSA) is 50.7 Å². The lowest BCUT2D eigenvalue weighted by Crippen LogP contribution is -2.31. The molecule has 1 fully saturated rings. The van der Waals surface area contributed by atoms with Crippen molar-refractivity contribution in [1.29, 1.82) is 0 Å². The first-order chi connectivity index (χ1) is 5.70. The Morgan fingerprint density at radius 1 is 1.58 bits per heavy atom. The molecule has 0 bridgehead atoms. The molecule has 0 aromatic rings. The minimum absolute atomic E-state index is 0.131. The molecule has 1 atom stereocenters. The smallest absolute Gasteiger partial charge is 0.269 e. The van der Waals surface area contributed by atoms with Crippen LogP contribution in [0.4, 0.5) is 0 Å². The molecule has 1 N–H and O–H groups in total. The van der Waals surface area contributed by atoms with E-state index in [4.69, 9.17) is 4.74 Å². The van der Waals surface area contributed by atoms with Crippen LogP contribution in [0.2, 0.25) is 0 Å². The van der Waals surface area contributed by atoms with Crippen LogP contribution in [0.1, 0.15) is 26.7 Å². The fourth-order valence-electron chi connectivity index (χ4n) is 1.02. The zero-order chi connectivity index (χ0) is 8.97. The van der Waals surface area contributed by atoms with E-state index < -0.39 is 0 Å². The van der Waals surface area contributed by atoms with Gasteiger partial charge in [-0.15, -0.1) is 0 Å². The third-order valence-corrected chi connectivity index (χ3v) is 1.61. The number of nitrogens with one attached hydrogen (secondary N) is 1. The molecule has 1 aliphatic heterocycles. The molecule has 1 amide bonds. The third kappa shape index (κ3) is 2.62. The first-order valence-electron chi connectivity index (χ1n) is 4.12.